The van der Waals surface area contributed by atoms with Crippen LogP contribution in [0.2, 0.25) is 0 Å². The molecule has 8 aliphatic rings. The van der Waals surface area contributed by atoms with Gasteiger partial charge in [-0.3, -0.25) is 19.2 Å². The molecule has 0 bridgehead atoms. The summed E-state index contributed by atoms with van der Waals surface area (Å²) in [6, 6.07) is 0.0246. The Morgan fingerprint density at radius 2 is 1.32 bits per heavy atom. The molecule has 2 unspecified atom stereocenters. The van der Waals surface area contributed by atoms with Crippen LogP contribution >= 0.6 is 0 Å². The quantitative estimate of drug-likeness (QED) is 0.202. The second-order valence-electron chi connectivity index (χ2n) is 26.3. The molecule has 1 aliphatic heterocycles. The van der Waals surface area contributed by atoms with Crippen LogP contribution in [0.5, 0.6) is 0 Å². The minimum absolute atomic E-state index is 0.0205. The number of amides is 2. The number of ether oxygens (including phenoxy) is 2. The van der Waals surface area contributed by atoms with E-state index in [1.807, 2.05) is 34.6 Å². The van der Waals surface area contributed by atoms with E-state index in [0.29, 0.717) is 36.0 Å². The fourth-order valence-electron chi connectivity index (χ4n) is 17.3. The van der Waals surface area contributed by atoms with Gasteiger partial charge in [-0.2, -0.15) is 0 Å². The summed E-state index contributed by atoms with van der Waals surface area (Å²) in [5, 5.41) is 3.67. The number of allylic oxidation sites excluding steroid dienone is 1. The van der Waals surface area contributed by atoms with Crippen LogP contribution < -0.4 is 5.32 Å². The van der Waals surface area contributed by atoms with Crippen LogP contribution in [0.3, 0.4) is 0 Å². The Morgan fingerprint density at radius 1 is 0.661 bits per heavy atom. The zero-order valence-electron chi connectivity index (χ0n) is 41.4. The number of hydrogen-bond donors (Lipinski definition) is 1. The Labute approximate surface area is 376 Å². The molecule has 8 heteroatoms. The molecule has 1 N–H and O–H groups in total. The van der Waals surface area contributed by atoms with Crippen molar-refractivity contribution in [1.29, 1.82) is 0 Å². The summed E-state index contributed by atoms with van der Waals surface area (Å²) < 4.78 is 12.3. The summed E-state index contributed by atoms with van der Waals surface area (Å²) in [4.78, 5) is 57.9. The normalized spacial score (nSPS) is 45.0. The molecule has 0 aromatic rings. The fraction of sp³-hybridized carbons (Fsp3) is 0.889. The van der Waals surface area contributed by atoms with Gasteiger partial charge >= 0.3 is 11.9 Å². The van der Waals surface area contributed by atoms with Gasteiger partial charge in [0.1, 0.15) is 11.7 Å². The molecular formula is C54H86N2O6. The van der Waals surface area contributed by atoms with Crippen LogP contribution in [0.25, 0.3) is 0 Å². The first-order valence-corrected chi connectivity index (χ1v) is 25.4. The molecule has 1 heterocycles. The number of nitrogens with zero attached hydrogens (tertiary/aromatic N) is 1. The van der Waals surface area contributed by atoms with Crippen molar-refractivity contribution in [2.75, 3.05) is 13.1 Å². The van der Waals surface area contributed by atoms with E-state index in [0.717, 1.165) is 90.1 Å². The van der Waals surface area contributed by atoms with E-state index in [2.05, 4.69) is 72.2 Å². The molecule has 8 rings (SSSR count). The van der Waals surface area contributed by atoms with Crippen LogP contribution in [-0.2, 0) is 28.7 Å². The molecule has 2 amide bonds. The van der Waals surface area contributed by atoms with Crippen LogP contribution in [-0.4, -0.2) is 59.5 Å². The number of hydrogen-bond acceptors (Lipinski definition) is 6. The Kier molecular flexibility index (Phi) is 11.2. The summed E-state index contributed by atoms with van der Waals surface area (Å²) in [7, 11) is 0. The van der Waals surface area contributed by atoms with E-state index in [4.69, 9.17) is 9.47 Å². The summed E-state index contributed by atoms with van der Waals surface area (Å²) in [6.07, 6.45) is 15.0. The minimum Gasteiger partial charge on any atom is -0.462 e. The summed E-state index contributed by atoms with van der Waals surface area (Å²) in [5.41, 5.74) is -0.271. The van der Waals surface area contributed by atoms with Gasteiger partial charge in [0.2, 0.25) is 11.8 Å². The number of rotatable bonds is 7. The average Bonchev–Trinajstić information content (AvgIpc) is 3.58. The first-order chi connectivity index (χ1) is 28.7. The van der Waals surface area contributed by atoms with E-state index in [1.54, 1.807) is 0 Å². The number of carbonyl (C=O) groups excluding carboxylic acids is 4. The third kappa shape index (κ3) is 6.73. The van der Waals surface area contributed by atoms with Gasteiger partial charge in [0.05, 0.1) is 17.3 Å². The lowest BCUT2D eigenvalue weighted by molar-refractivity contribution is -0.251. The lowest BCUT2D eigenvalue weighted by Gasteiger charge is -2.73. The lowest BCUT2D eigenvalue weighted by atomic mass is 9.32. The van der Waals surface area contributed by atoms with E-state index >= 15 is 4.79 Å². The van der Waals surface area contributed by atoms with Crippen LogP contribution in [0.4, 0.5) is 0 Å². The lowest BCUT2D eigenvalue weighted by Crippen LogP contribution is -2.68. The van der Waals surface area contributed by atoms with Crippen molar-refractivity contribution in [3.63, 3.8) is 0 Å². The van der Waals surface area contributed by atoms with Crippen molar-refractivity contribution in [1.82, 2.24) is 10.2 Å². The molecule has 348 valence electrons. The molecule has 8 nitrogen and oxygen atoms in total. The van der Waals surface area contributed by atoms with Crippen LogP contribution in [0.15, 0.2) is 12.2 Å². The SMILES string of the molecule is C=C(C)[C@H]1CC[C@]2(C(=O)N[C@H]3C[C@@H](C(=O)N4CCCCC4)C3(C)C)CC[C@]3(C)[C@H](CC[C@@H]4[C@@]5(C)CC[C@H](OC(=O)C6CC(C(=O)OC(C)(C)C)C6(C)C)C(C)(C)[C@@H]5CC[C@]43C)[C@@H]12. The average molecular weight is 859 g/mol. The number of nitrogens with one attached hydrogen (secondary N) is 1. The summed E-state index contributed by atoms with van der Waals surface area (Å²) >= 11 is 0. The predicted octanol–water partition coefficient (Wildman–Crippen LogP) is 11.1. The molecule has 1 saturated heterocycles. The molecule has 7 saturated carbocycles. The first kappa shape index (κ1) is 46.2. The monoisotopic (exact) mass is 859 g/mol. The maximum absolute atomic E-state index is 15.1. The molecule has 0 radical (unpaired) electrons. The molecule has 8 fully saturated rings. The molecule has 62 heavy (non-hydrogen) atoms. The van der Waals surface area contributed by atoms with Crippen LogP contribution in [0.1, 0.15) is 186 Å². The zero-order valence-corrected chi connectivity index (χ0v) is 41.4. The minimum atomic E-state index is -0.556. The maximum Gasteiger partial charge on any atom is 0.310 e. The predicted molar refractivity (Wildman–Crippen MR) is 244 cm³/mol. The van der Waals surface area contributed by atoms with Gasteiger partial charge in [0.15, 0.2) is 0 Å². The second kappa shape index (κ2) is 15.1. The molecule has 14 atom stereocenters. The Hall–Kier alpha value is -2.38. The molecule has 7 aliphatic carbocycles. The smallest absolute Gasteiger partial charge is 0.310 e. The van der Waals surface area contributed by atoms with Crippen molar-refractivity contribution in [2.24, 2.45) is 85.2 Å². The summed E-state index contributed by atoms with van der Waals surface area (Å²) in [6.45, 7) is 35.3. The first-order valence-electron chi connectivity index (χ1n) is 25.4. The highest BCUT2D eigenvalue weighted by molar-refractivity contribution is 5.86. The van der Waals surface area contributed by atoms with E-state index in [1.165, 1.54) is 18.4 Å². The summed E-state index contributed by atoms with van der Waals surface area (Å²) in [5.74, 6) is 1.66. The standard InChI is InChI=1S/C54H86N2O6/c1-32(2)33-20-25-54(46(60)55-40-31-35(49(40,8)9)43(57)56-28-16-15-17-29-56)27-26-52(13)34(42(33)54)18-19-39-51(12)23-22-41(50(10,11)38(51)21-24-53(39,52)14)61-44(58)36-30-37(48(36,6)7)45(59)62-47(3,4)5/h33-42H,1,15-31H2,2-14H3,(H,55,60)/t33-,34-,35+,36?,37?,38+,39-,40+,41+,42-,51+,52-,53-,54+/m1/s1. The van der Waals surface area contributed by atoms with E-state index in [-0.39, 0.29) is 86.2 Å². The van der Waals surface area contributed by atoms with Crippen molar-refractivity contribution in [3.8, 4) is 0 Å². The topological polar surface area (TPSA) is 102 Å². The molecule has 0 spiro atoms. The van der Waals surface area contributed by atoms with Crippen molar-refractivity contribution in [3.05, 3.63) is 12.2 Å². The Balaban J connectivity index is 0.975. The van der Waals surface area contributed by atoms with Crippen molar-refractivity contribution >= 4 is 23.8 Å². The van der Waals surface area contributed by atoms with E-state index in [9.17, 15) is 14.4 Å². The fourth-order valence-corrected chi connectivity index (χ4v) is 17.3. The van der Waals surface area contributed by atoms with Crippen molar-refractivity contribution in [2.45, 2.75) is 204 Å². The number of piperidine rings is 1. The third-order valence-corrected chi connectivity index (χ3v) is 21.5. The number of fused-ring (bicyclic) bond motifs is 7. The number of carbonyl (C=O) groups is 4. The maximum atomic E-state index is 15.1. The highest BCUT2D eigenvalue weighted by atomic mass is 16.6. The van der Waals surface area contributed by atoms with Gasteiger partial charge in [-0.05, 0) is 181 Å². The highest BCUT2D eigenvalue weighted by Crippen LogP contribution is 2.78. The number of likely N-dealkylation sites (tertiary alicyclic amines) is 1. The molecular weight excluding hydrogens is 773 g/mol. The Bertz CT molecular complexity index is 1840. The molecule has 0 aromatic carbocycles. The van der Waals surface area contributed by atoms with Gasteiger partial charge in [0, 0.05) is 30.5 Å². The zero-order chi connectivity index (χ0) is 45.4. The van der Waals surface area contributed by atoms with Crippen LogP contribution in [0, 0.1) is 85.2 Å². The van der Waals surface area contributed by atoms with Gasteiger partial charge in [-0.15, -0.1) is 0 Å². The largest absolute Gasteiger partial charge is 0.462 e. The van der Waals surface area contributed by atoms with Gasteiger partial charge in [0.25, 0.3) is 0 Å². The molecule has 0 aromatic heterocycles. The van der Waals surface area contributed by atoms with Gasteiger partial charge < -0.3 is 19.7 Å². The third-order valence-electron chi connectivity index (χ3n) is 21.5. The highest BCUT2D eigenvalue weighted by Gasteiger charge is 2.72. The van der Waals surface area contributed by atoms with Gasteiger partial charge in [-0.25, -0.2) is 0 Å². The van der Waals surface area contributed by atoms with Gasteiger partial charge in [-0.1, -0.05) is 74.5 Å². The van der Waals surface area contributed by atoms with Crippen molar-refractivity contribution < 1.29 is 28.7 Å². The second-order valence-corrected chi connectivity index (χ2v) is 26.3. The Morgan fingerprint density at radius 3 is 1.94 bits per heavy atom. The van der Waals surface area contributed by atoms with E-state index < -0.39 is 11.0 Å². The number of esters is 2.